The van der Waals surface area contributed by atoms with Crippen LogP contribution in [-0.2, 0) is 13.7 Å². The molecule has 0 aliphatic heterocycles. The van der Waals surface area contributed by atoms with E-state index < -0.39 is 25.9 Å². The van der Waals surface area contributed by atoms with Crippen molar-refractivity contribution in [3.8, 4) is 0 Å². The van der Waals surface area contributed by atoms with E-state index in [1.165, 1.54) is 0 Å². The maximum Gasteiger partial charge on any atom is 0.524 e. The fourth-order valence-electron chi connectivity index (χ4n) is 2.69. The summed E-state index contributed by atoms with van der Waals surface area (Å²) in [6.07, 6.45) is 0. The highest BCUT2D eigenvalue weighted by Crippen LogP contribution is 2.73. The molecule has 0 radical (unpaired) electrons. The van der Waals surface area contributed by atoms with Crippen LogP contribution in [0.3, 0.4) is 0 Å². The van der Waals surface area contributed by atoms with Gasteiger partial charge in [-0.1, -0.05) is 52.3 Å². The van der Waals surface area contributed by atoms with Crippen molar-refractivity contribution in [3.63, 3.8) is 0 Å². The maximum atomic E-state index is 13.4. The van der Waals surface area contributed by atoms with Gasteiger partial charge in [-0.3, -0.25) is 0 Å². The summed E-state index contributed by atoms with van der Waals surface area (Å²) >= 11 is 10.1. The van der Waals surface area contributed by atoms with Crippen molar-refractivity contribution in [2.24, 2.45) is 0 Å². The van der Waals surface area contributed by atoms with E-state index in [0.717, 1.165) is 0 Å². The fraction of sp³-hybridized carbons (Fsp3) is 0.0526. The molecule has 0 atom stereocenters. The van der Waals surface area contributed by atoms with Crippen molar-refractivity contribution in [2.75, 3.05) is 0 Å². The Balaban J connectivity index is 2.49. The molecule has 3 rings (SSSR count). The van der Waals surface area contributed by atoms with E-state index in [2.05, 4.69) is 47.8 Å². The van der Waals surface area contributed by atoms with Gasteiger partial charge < -0.3 is 0 Å². The van der Waals surface area contributed by atoms with E-state index >= 15 is 0 Å². The van der Waals surface area contributed by atoms with Gasteiger partial charge in [0, 0.05) is 23.2 Å². The Morgan fingerprint density at radius 1 is 0.733 bits per heavy atom. The normalized spacial score (nSPS) is 13.3. The molecule has 0 heterocycles. The van der Waals surface area contributed by atoms with Gasteiger partial charge in [0.15, 0.2) is 0 Å². The molecule has 0 aromatic heterocycles. The molecule has 160 valence electrons. The van der Waals surface area contributed by atoms with E-state index in [9.17, 15) is 21.6 Å². The van der Waals surface area contributed by atoms with Gasteiger partial charge in [-0.25, -0.2) is 0 Å². The van der Waals surface area contributed by atoms with Gasteiger partial charge in [0.1, 0.15) is 0 Å². The summed E-state index contributed by atoms with van der Waals surface area (Å²) in [5, 5.41) is 0. The number of hydrogen-bond donors (Lipinski definition) is 0. The third kappa shape index (κ3) is 4.51. The third-order valence-corrected chi connectivity index (χ3v) is 11.1. The fourth-order valence-corrected chi connectivity index (χ4v) is 11.1. The minimum Gasteiger partial charge on any atom is -0.200 e. The van der Waals surface area contributed by atoms with Crippen LogP contribution < -0.4 is 0 Å². The Labute approximate surface area is 198 Å². The highest BCUT2D eigenvalue weighted by atomic mass is 79.9. The Morgan fingerprint density at radius 2 is 1.13 bits per heavy atom. The summed E-state index contributed by atoms with van der Waals surface area (Å²) in [5.74, 6) is 0. The molecular formula is C19H12Br3F3O3S2. The zero-order valence-electron chi connectivity index (χ0n) is 14.7. The van der Waals surface area contributed by atoms with E-state index in [-0.39, 0.29) is 14.7 Å². The first-order valence-electron chi connectivity index (χ1n) is 8.09. The van der Waals surface area contributed by atoms with E-state index in [1.807, 2.05) is 0 Å². The third-order valence-electron chi connectivity index (χ3n) is 3.88. The van der Waals surface area contributed by atoms with Gasteiger partial charge in [0.25, 0.3) is 0 Å². The van der Waals surface area contributed by atoms with Crippen LogP contribution in [0.25, 0.3) is 0 Å². The second-order valence-corrected chi connectivity index (χ2v) is 12.9. The number of halogens is 6. The Hall–Kier alpha value is -0.850. The molecule has 0 saturated carbocycles. The van der Waals surface area contributed by atoms with E-state index in [4.69, 9.17) is 3.63 Å². The Kier molecular flexibility index (Phi) is 7.10. The highest BCUT2D eigenvalue weighted by molar-refractivity contribution is 9.11. The average molecular weight is 649 g/mol. The SMILES string of the molecule is O=S(=O)(OS(c1ccccc1)(c1ccccc1)c1c(Br)cc(Br)cc1Br)C(F)(F)F. The lowest BCUT2D eigenvalue weighted by Crippen LogP contribution is -2.27. The largest absolute Gasteiger partial charge is 0.524 e. The second-order valence-electron chi connectivity index (χ2n) is 5.85. The lowest BCUT2D eigenvalue weighted by molar-refractivity contribution is -0.0496. The van der Waals surface area contributed by atoms with Crippen LogP contribution in [0.2, 0.25) is 0 Å². The van der Waals surface area contributed by atoms with Crippen LogP contribution in [0.5, 0.6) is 0 Å². The maximum absolute atomic E-state index is 13.4. The Morgan fingerprint density at radius 3 is 1.50 bits per heavy atom. The predicted molar refractivity (Wildman–Crippen MR) is 121 cm³/mol. The highest BCUT2D eigenvalue weighted by Gasteiger charge is 2.53. The number of benzene rings is 3. The first kappa shape index (κ1) is 23.8. The Bertz CT molecular complexity index is 1090. The number of rotatable bonds is 5. The van der Waals surface area contributed by atoms with Crippen LogP contribution in [0.4, 0.5) is 13.2 Å². The van der Waals surface area contributed by atoms with Crippen LogP contribution in [-0.4, -0.2) is 13.9 Å². The standard InChI is InChI=1S/C19H12Br3F3O3S2/c20-13-11-16(21)18(17(22)12-13)29(14-7-3-1-4-8-14,15-9-5-2-6-10-15)28-30(26,27)19(23,24)25/h1-12H. The minimum absolute atomic E-state index is 0.246. The van der Waals surface area contributed by atoms with Crippen molar-refractivity contribution in [1.29, 1.82) is 0 Å². The van der Waals surface area contributed by atoms with Gasteiger partial charge in [-0.05, 0) is 78.6 Å². The van der Waals surface area contributed by atoms with Crippen molar-refractivity contribution in [2.45, 2.75) is 20.2 Å². The molecule has 3 nitrogen and oxygen atoms in total. The number of alkyl halides is 3. The molecule has 0 aliphatic carbocycles. The zero-order chi connectivity index (χ0) is 22.2. The molecule has 3 aromatic rings. The van der Waals surface area contributed by atoms with Crippen LogP contribution in [0.15, 0.2) is 101 Å². The molecule has 0 unspecified atom stereocenters. The van der Waals surface area contributed by atoms with Crippen molar-refractivity contribution >= 4 is 68.2 Å². The molecule has 0 aliphatic rings. The van der Waals surface area contributed by atoms with Crippen molar-refractivity contribution in [3.05, 3.63) is 86.2 Å². The molecule has 3 aromatic carbocycles. The van der Waals surface area contributed by atoms with Gasteiger partial charge in [0.05, 0.1) is 4.90 Å². The lowest BCUT2D eigenvalue weighted by Gasteiger charge is -2.40. The van der Waals surface area contributed by atoms with Gasteiger partial charge in [0.2, 0.25) is 0 Å². The molecule has 0 amide bonds. The first-order valence-corrected chi connectivity index (χ1v) is 13.4. The molecule has 0 fully saturated rings. The predicted octanol–water partition coefficient (Wildman–Crippen LogP) is 8.04. The van der Waals surface area contributed by atoms with Gasteiger partial charge >= 0.3 is 15.6 Å². The number of hydrogen-bond acceptors (Lipinski definition) is 3. The summed E-state index contributed by atoms with van der Waals surface area (Å²) in [6.45, 7) is 0. The van der Waals surface area contributed by atoms with Crippen molar-refractivity contribution < 1.29 is 25.2 Å². The molecule has 0 bridgehead atoms. The molecule has 0 N–H and O–H groups in total. The van der Waals surface area contributed by atoms with Crippen LogP contribution in [0.1, 0.15) is 0 Å². The summed E-state index contributed by atoms with van der Waals surface area (Å²) in [6, 6.07) is 19.3. The molecule has 0 saturated heterocycles. The van der Waals surface area contributed by atoms with Gasteiger partial charge in [-0.15, -0.1) is 0 Å². The smallest absolute Gasteiger partial charge is 0.200 e. The average Bonchev–Trinajstić information content (AvgIpc) is 2.66. The summed E-state index contributed by atoms with van der Waals surface area (Å²) in [4.78, 5) is 0.816. The first-order chi connectivity index (χ1) is 14.0. The minimum atomic E-state index is -5.96. The molecule has 30 heavy (non-hydrogen) atoms. The van der Waals surface area contributed by atoms with E-state index in [0.29, 0.717) is 13.4 Å². The summed E-state index contributed by atoms with van der Waals surface area (Å²) < 4.78 is 71.6. The van der Waals surface area contributed by atoms with E-state index in [1.54, 1.807) is 72.8 Å². The monoisotopic (exact) mass is 646 g/mol. The molecule has 11 heteroatoms. The lowest BCUT2D eigenvalue weighted by atomic mass is 10.4. The summed E-state index contributed by atoms with van der Waals surface area (Å²) in [7, 11) is -9.33. The van der Waals surface area contributed by atoms with Crippen LogP contribution in [0, 0.1) is 0 Å². The topological polar surface area (TPSA) is 43.4 Å². The second kappa shape index (κ2) is 8.95. The molecule has 0 spiro atoms. The zero-order valence-corrected chi connectivity index (χ0v) is 21.1. The van der Waals surface area contributed by atoms with Gasteiger partial charge in [-0.2, -0.15) is 25.2 Å². The van der Waals surface area contributed by atoms with Crippen molar-refractivity contribution in [1.82, 2.24) is 0 Å². The van der Waals surface area contributed by atoms with Crippen LogP contribution >= 0.6 is 58.1 Å². The molecular weight excluding hydrogens is 637 g/mol. The summed E-state index contributed by atoms with van der Waals surface area (Å²) in [5.41, 5.74) is -5.59. The quantitative estimate of drug-likeness (QED) is 0.263.